The Hall–Kier alpha value is -3.91. The molecule has 1 saturated carbocycles. The summed E-state index contributed by atoms with van der Waals surface area (Å²) in [4.78, 5) is 9.62. The molecule has 0 amide bonds. The van der Waals surface area contributed by atoms with Crippen molar-refractivity contribution in [1.82, 2.24) is 14.5 Å². The van der Waals surface area contributed by atoms with E-state index < -0.39 is 0 Å². The predicted molar refractivity (Wildman–Crippen MR) is 123 cm³/mol. The van der Waals surface area contributed by atoms with Gasteiger partial charge in [-0.25, -0.2) is 9.97 Å². The first-order valence-corrected chi connectivity index (χ1v) is 11.0. The number of aryl methyl sites for hydroxylation is 1. The molecule has 156 valence electrons. The molecule has 2 aromatic carbocycles. The minimum Gasteiger partial charge on any atom is -0.488 e. The van der Waals surface area contributed by atoms with Crippen molar-refractivity contribution in [2.75, 3.05) is 0 Å². The van der Waals surface area contributed by atoms with Crippen LogP contribution in [0, 0.1) is 18.3 Å². The van der Waals surface area contributed by atoms with Crippen molar-refractivity contribution in [3.8, 4) is 11.8 Å². The van der Waals surface area contributed by atoms with Crippen molar-refractivity contribution in [3.05, 3.63) is 94.4 Å². The molecular formula is C27H22N4O. The number of pyridine rings is 1. The molecule has 4 aromatic rings. The van der Waals surface area contributed by atoms with E-state index in [0.29, 0.717) is 19.1 Å². The summed E-state index contributed by atoms with van der Waals surface area (Å²) >= 11 is 0. The highest BCUT2D eigenvalue weighted by molar-refractivity contribution is 5.86. The maximum atomic E-state index is 9.41. The number of benzene rings is 2. The van der Waals surface area contributed by atoms with Gasteiger partial charge in [-0.2, -0.15) is 5.26 Å². The number of rotatable bonds is 3. The third-order valence-electron chi connectivity index (χ3n) is 6.38. The molecule has 0 radical (unpaired) electrons. The summed E-state index contributed by atoms with van der Waals surface area (Å²) in [5.41, 5.74) is 8.23. The van der Waals surface area contributed by atoms with Gasteiger partial charge in [0.05, 0.1) is 12.6 Å². The third kappa shape index (κ3) is 3.07. The van der Waals surface area contributed by atoms with Gasteiger partial charge in [0.25, 0.3) is 0 Å². The van der Waals surface area contributed by atoms with Gasteiger partial charge in [0.1, 0.15) is 23.7 Å². The van der Waals surface area contributed by atoms with Crippen molar-refractivity contribution in [2.24, 2.45) is 0 Å². The van der Waals surface area contributed by atoms with E-state index in [1.807, 2.05) is 24.4 Å². The number of imidazole rings is 1. The maximum Gasteiger partial charge on any atom is 0.160 e. The zero-order valence-corrected chi connectivity index (χ0v) is 17.9. The first-order valence-electron chi connectivity index (χ1n) is 11.0. The summed E-state index contributed by atoms with van der Waals surface area (Å²) in [5, 5.41) is 9.41. The van der Waals surface area contributed by atoms with E-state index in [1.54, 1.807) is 6.08 Å². The van der Waals surface area contributed by atoms with Gasteiger partial charge in [-0.15, -0.1) is 0 Å². The highest BCUT2D eigenvalue weighted by Gasteiger charge is 2.30. The summed E-state index contributed by atoms with van der Waals surface area (Å²) in [5.74, 6) is 2.47. The molecule has 0 saturated heterocycles. The van der Waals surface area contributed by atoms with Crippen molar-refractivity contribution < 1.29 is 4.74 Å². The average molecular weight is 419 g/mol. The Morgan fingerprint density at radius 3 is 2.88 bits per heavy atom. The van der Waals surface area contributed by atoms with E-state index in [9.17, 15) is 5.26 Å². The summed E-state index contributed by atoms with van der Waals surface area (Å²) in [7, 11) is 0. The molecule has 0 spiro atoms. The maximum absolute atomic E-state index is 9.41. The van der Waals surface area contributed by atoms with Gasteiger partial charge in [-0.05, 0) is 54.2 Å². The topological polar surface area (TPSA) is 63.7 Å². The number of aromatic nitrogens is 3. The van der Waals surface area contributed by atoms with Crippen LogP contribution in [0.25, 0.3) is 16.7 Å². The molecule has 0 bridgehead atoms. The summed E-state index contributed by atoms with van der Waals surface area (Å²) < 4.78 is 8.48. The number of nitriles is 1. The van der Waals surface area contributed by atoms with Gasteiger partial charge in [0.15, 0.2) is 5.65 Å². The van der Waals surface area contributed by atoms with Crippen molar-refractivity contribution in [1.29, 1.82) is 5.26 Å². The quantitative estimate of drug-likeness (QED) is 0.411. The largest absolute Gasteiger partial charge is 0.488 e. The first kappa shape index (κ1) is 18.8. The Balaban J connectivity index is 1.43. The SMILES string of the molecule is Cc1ccnc2c1nc(C1CC1)n2Cc1ccc2c(c1)OCc1ccccc1/C2=C\C#N. The Labute approximate surface area is 186 Å². The molecule has 5 heteroatoms. The Morgan fingerprint density at radius 2 is 2.03 bits per heavy atom. The second-order valence-electron chi connectivity index (χ2n) is 8.59. The number of ether oxygens (including phenoxy) is 1. The highest BCUT2D eigenvalue weighted by atomic mass is 16.5. The Morgan fingerprint density at radius 1 is 1.16 bits per heavy atom. The van der Waals surface area contributed by atoms with E-state index in [-0.39, 0.29) is 0 Å². The van der Waals surface area contributed by atoms with Crippen LogP contribution in [0.2, 0.25) is 0 Å². The lowest BCUT2D eigenvalue weighted by Crippen LogP contribution is -2.06. The molecule has 32 heavy (non-hydrogen) atoms. The van der Waals surface area contributed by atoms with Crippen molar-refractivity contribution in [2.45, 2.75) is 38.8 Å². The molecule has 0 N–H and O–H groups in total. The number of nitrogens with zero attached hydrogens (tertiary/aromatic N) is 4. The molecule has 0 unspecified atom stereocenters. The van der Waals surface area contributed by atoms with Crippen LogP contribution >= 0.6 is 0 Å². The number of allylic oxidation sites excluding steroid dienone is 1. The average Bonchev–Trinajstić information content (AvgIpc) is 3.61. The normalized spacial score (nSPS) is 16.2. The molecule has 6 rings (SSSR count). The molecular weight excluding hydrogens is 396 g/mol. The molecule has 1 fully saturated rings. The molecule has 2 aromatic heterocycles. The second kappa shape index (κ2) is 7.35. The van der Waals surface area contributed by atoms with Gasteiger partial charge >= 0.3 is 0 Å². The number of hydrogen-bond acceptors (Lipinski definition) is 4. The van der Waals surface area contributed by atoms with Crippen LogP contribution in [0.15, 0.2) is 60.8 Å². The second-order valence-corrected chi connectivity index (χ2v) is 8.59. The first-order chi connectivity index (χ1) is 15.7. The van der Waals surface area contributed by atoms with Crippen LogP contribution in [0.3, 0.4) is 0 Å². The summed E-state index contributed by atoms with van der Waals surface area (Å²) in [6.45, 7) is 3.27. The van der Waals surface area contributed by atoms with Crippen LogP contribution in [0.1, 0.15) is 52.4 Å². The fraction of sp³-hybridized carbons (Fsp3) is 0.222. The van der Waals surface area contributed by atoms with Gasteiger partial charge in [0, 0.05) is 29.3 Å². The molecule has 3 heterocycles. The van der Waals surface area contributed by atoms with Crippen LogP contribution < -0.4 is 4.74 Å². The fourth-order valence-electron chi connectivity index (χ4n) is 4.58. The lowest BCUT2D eigenvalue weighted by molar-refractivity contribution is 0.307. The van der Waals surface area contributed by atoms with Crippen LogP contribution in [-0.4, -0.2) is 14.5 Å². The molecule has 5 nitrogen and oxygen atoms in total. The van der Waals surface area contributed by atoms with Crippen LogP contribution in [-0.2, 0) is 13.2 Å². The van der Waals surface area contributed by atoms with Crippen LogP contribution in [0.5, 0.6) is 5.75 Å². The molecule has 1 aliphatic carbocycles. The summed E-state index contributed by atoms with van der Waals surface area (Å²) in [6.07, 6.45) is 5.86. The minimum absolute atomic E-state index is 0.484. The Bertz CT molecular complexity index is 1440. The highest BCUT2D eigenvalue weighted by Crippen LogP contribution is 2.41. The van der Waals surface area contributed by atoms with E-state index in [0.717, 1.165) is 56.1 Å². The monoisotopic (exact) mass is 418 g/mol. The van der Waals surface area contributed by atoms with E-state index in [4.69, 9.17) is 9.72 Å². The van der Waals surface area contributed by atoms with E-state index in [2.05, 4.69) is 52.9 Å². The molecule has 0 atom stereocenters. The van der Waals surface area contributed by atoms with E-state index in [1.165, 1.54) is 12.8 Å². The zero-order valence-electron chi connectivity index (χ0n) is 17.9. The Kier molecular flexibility index (Phi) is 4.32. The van der Waals surface area contributed by atoms with Gasteiger partial charge in [-0.3, -0.25) is 0 Å². The molecule has 2 aliphatic rings. The van der Waals surface area contributed by atoms with E-state index >= 15 is 0 Å². The minimum atomic E-state index is 0.484. The van der Waals surface area contributed by atoms with Crippen molar-refractivity contribution >= 4 is 16.7 Å². The smallest absolute Gasteiger partial charge is 0.160 e. The lowest BCUT2D eigenvalue weighted by atomic mass is 9.93. The standard InChI is InChI=1S/C27H22N4O/c1-17-11-13-29-27-25(17)30-26(19-7-8-19)31(27)15-18-6-9-23-22(10-12-28)21-5-3-2-4-20(21)16-32-24(23)14-18/h2-6,9-11,13-14,19H,7-8,15-16H2,1H3/b22-10+. The summed E-state index contributed by atoms with van der Waals surface area (Å²) in [6, 6.07) is 18.7. The van der Waals surface area contributed by atoms with Gasteiger partial charge in [-0.1, -0.05) is 36.4 Å². The number of fused-ring (bicyclic) bond motifs is 3. The van der Waals surface area contributed by atoms with Gasteiger partial charge in [0.2, 0.25) is 0 Å². The van der Waals surface area contributed by atoms with Crippen molar-refractivity contribution in [3.63, 3.8) is 0 Å². The van der Waals surface area contributed by atoms with Gasteiger partial charge < -0.3 is 9.30 Å². The number of hydrogen-bond donors (Lipinski definition) is 0. The van der Waals surface area contributed by atoms with Crippen LogP contribution in [0.4, 0.5) is 0 Å². The predicted octanol–water partition coefficient (Wildman–Crippen LogP) is 5.51. The fourth-order valence-corrected chi connectivity index (χ4v) is 4.58. The third-order valence-corrected chi connectivity index (χ3v) is 6.38. The molecule has 1 aliphatic heterocycles. The lowest BCUT2D eigenvalue weighted by Gasteiger charge is -2.13. The zero-order chi connectivity index (χ0) is 21.7.